The smallest absolute Gasteiger partial charge is 0.306 e. The lowest BCUT2D eigenvalue weighted by atomic mass is 10.0. The number of hydrogen-bond acceptors (Lipinski definition) is 5. The second-order valence-electron chi connectivity index (χ2n) is 16.3. The van der Waals surface area contributed by atoms with Crippen molar-refractivity contribution in [3.63, 3.8) is 0 Å². The van der Waals surface area contributed by atoms with Crippen LogP contribution in [0, 0.1) is 0 Å². The molecule has 336 valence electrons. The van der Waals surface area contributed by atoms with E-state index >= 15 is 0 Å². The molecule has 0 saturated carbocycles. The van der Waals surface area contributed by atoms with E-state index in [-0.39, 0.29) is 25.2 Å². The summed E-state index contributed by atoms with van der Waals surface area (Å²) in [5.74, 6) is -0.420. The van der Waals surface area contributed by atoms with E-state index in [4.69, 9.17) is 14.2 Å². The van der Waals surface area contributed by atoms with Crippen molar-refractivity contribution < 1.29 is 23.8 Å². The second-order valence-corrected chi connectivity index (χ2v) is 16.3. The highest BCUT2D eigenvalue weighted by molar-refractivity contribution is 5.70. The summed E-state index contributed by atoms with van der Waals surface area (Å²) in [5, 5.41) is 0. The van der Waals surface area contributed by atoms with Gasteiger partial charge in [-0.2, -0.15) is 0 Å². The predicted octanol–water partition coefficient (Wildman–Crippen LogP) is 16.6. The summed E-state index contributed by atoms with van der Waals surface area (Å²) < 4.78 is 17.3. The molecule has 0 N–H and O–H groups in total. The summed E-state index contributed by atoms with van der Waals surface area (Å²) in [6.45, 7) is 7.64. The molecule has 0 rings (SSSR count). The first-order chi connectivity index (χ1) is 28.6. The van der Waals surface area contributed by atoms with E-state index < -0.39 is 6.10 Å². The van der Waals surface area contributed by atoms with Gasteiger partial charge in [-0.05, 0) is 83.5 Å². The second kappa shape index (κ2) is 49.0. The molecule has 0 bridgehead atoms. The minimum absolute atomic E-state index is 0.0692. The van der Waals surface area contributed by atoms with Crippen molar-refractivity contribution in [2.24, 2.45) is 0 Å². The van der Waals surface area contributed by atoms with Crippen LogP contribution in [0.3, 0.4) is 0 Å². The Morgan fingerprint density at radius 2 is 0.776 bits per heavy atom. The fourth-order valence-electron chi connectivity index (χ4n) is 6.85. The number of hydrogen-bond donors (Lipinski definition) is 0. The van der Waals surface area contributed by atoms with Crippen LogP contribution in [-0.4, -0.2) is 37.9 Å². The lowest BCUT2D eigenvalue weighted by Crippen LogP contribution is -2.30. The number of rotatable bonds is 45. The molecule has 5 nitrogen and oxygen atoms in total. The van der Waals surface area contributed by atoms with E-state index in [1.807, 2.05) is 0 Å². The Bertz CT molecular complexity index is 1010. The number of carbonyl (C=O) groups is 2. The molecule has 0 spiro atoms. The van der Waals surface area contributed by atoms with Gasteiger partial charge in [-0.3, -0.25) is 9.59 Å². The van der Waals surface area contributed by atoms with Crippen LogP contribution in [0.5, 0.6) is 0 Å². The number of unbranched alkanes of at least 4 members (excludes halogenated alkanes) is 24. The van der Waals surface area contributed by atoms with Gasteiger partial charge in [-0.25, -0.2) is 0 Å². The summed E-state index contributed by atoms with van der Waals surface area (Å²) >= 11 is 0. The zero-order valence-electron chi connectivity index (χ0n) is 38.6. The van der Waals surface area contributed by atoms with E-state index in [0.717, 1.165) is 89.9 Å². The molecule has 0 aromatic rings. The third-order valence-electron chi connectivity index (χ3n) is 10.5. The molecular formula is C53H94O5. The minimum atomic E-state index is -0.553. The van der Waals surface area contributed by atoms with Gasteiger partial charge in [0, 0.05) is 19.4 Å². The minimum Gasteiger partial charge on any atom is -0.462 e. The quantitative estimate of drug-likeness (QED) is 0.0348. The van der Waals surface area contributed by atoms with Crippen molar-refractivity contribution in [3.05, 3.63) is 60.8 Å². The lowest BCUT2D eigenvalue weighted by molar-refractivity contribution is -0.163. The molecule has 0 radical (unpaired) electrons. The predicted molar refractivity (Wildman–Crippen MR) is 251 cm³/mol. The topological polar surface area (TPSA) is 61.8 Å². The molecule has 1 unspecified atom stereocenters. The molecule has 5 heteroatoms. The average Bonchev–Trinajstić information content (AvgIpc) is 3.22. The van der Waals surface area contributed by atoms with Gasteiger partial charge in [0.15, 0.2) is 6.10 Å². The van der Waals surface area contributed by atoms with E-state index in [2.05, 4.69) is 81.5 Å². The van der Waals surface area contributed by atoms with Gasteiger partial charge in [0.1, 0.15) is 6.61 Å². The fraction of sp³-hybridized carbons (Fsp3) is 0.774. The Morgan fingerprint density at radius 1 is 0.397 bits per heavy atom. The summed E-state index contributed by atoms with van der Waals surface area (Å²) in [5.41, 5.74) is 0. The molecule has 0 aromatic carbocycles. The molecule has 0 heterocycles. The first-order valence-corrected chi connectivity index (χ1v) is 24.8. The maximum atomic E-state index is 12.8. The molecule has 0 aliphatic carbocycles. The van der Waals surface area contributed by atoms with Gasteiger partial charge in [-0.1, -0.05) is 204 Å². The largest absolute Gasteiger partial charge is 0.462 e. The highest BCUT2D eigenvalue weighted by Crippen LogP contribution is 2.14. The Morgan fingerprint density at radius 3 is 1.28 bits per heavy atom. The van der Waals surface area contributed by atoms with Crippen molar-refractivity contribution >= 4 is 11.9 Å². The molecule has 0 aliphatic rings. The maximum absolute atomic E-state index is 12.8. The lowest BCUT2D eigenvalue weighted by Gasteiger charge is -2.18. The number of allylic oxidation sites excluding steroid dienone is 10. The summed E-state index contributed by atoms with van der Waals surface area (Å²) in [6, 6.07) is 0. The molecule has 0 fully saturated rings. The van der Waals surface area contributed by atoms with E-state index in [9.17, 15) is 9.59 Å². The van der Waals surface area contributed by atoms with Crippen LogP contribution in [0.1, 0.15) is 239 Å². The van der Waals surface area contributed by atoms with Gasteiger partial charge in [-0.15, -0.1) is 0 Å². The van der Waals surface area contributed by atoms with Crippen LogP contribution in [-0.2, 0) is 23.8 Å². The van der Waals surface area contributed by atoms with Crippen molar-refractivity contribution in [2.75, 3.05) is 19.8 Å². The summed E-state index contributed by atoms with van der Waals surface area (Å²) in [4.78, 5) is 25.3. The van der Waals surface area contributed by atoms with Gasteiger partial charge in [0.2, 0.25) is 0 Å². The van der Waals surface area contributed by atoms with Crippen molar-refractivity contribution in [1.82, 2.24) is 0 Å². The van der Waals surface area contributed by atoms with Gasteiger partial charge in [0.25, 0.3) is 0 Å². The van der Waals surface area contributed by atoms with Crippen LogP contribution in [0.2, 0.25) is 0 Å². The average molecular weight is 811 g/mol. The standard InChI is InChI=1S/C53H94O5/c1-4-7-10-13-16-19-22-25-26-27-30-33-36-39-42-45-48-56-49-51(58-53(55)47-44-41-38-35-32-29-24-21-18-15-12-9-6-3)50-57-52(54)46-43-40-37-34-31-28-23-20-17-14-11-8-5-2/h7,10,16,19-20,23,25-26,30,33,51H,4-6,8-9,11-15,17-18,21-22,24,27-29,31-32,34-50H2,1-3H3/b10-7-,19-16-,23-20-,26-25-,33-30-. The normalized spacial score (nSPS) is 12.7. The third-order valence-corrected chi connectivity index (χ3v) is 10.5. The van der Waals surface area contributed by atoms with Crippen LogP contribution < -0.4 is 0 Å². The zero-order chi connectivity index (χ0) is 42.1. The molecular weight excluding hydrogens is 717 g/mol. The molecule has 1 atom stereocenters. The van der Waals surface area contributed by atoms with Crippen LogP contribution in [0.4, 0.5) is 0 Å². The van der Waals surface area contributed by atoms with Gasteiger partial charge in [0.05, 0.1) is 6.61 Å². The molecule has 0 amide bonds. The van der Waals surface area contributed by atoms with E-state index in [1.54, 1.807) is 0 Å². The Labute approximate surface area is 360 Å². The first-order valence-electron chi connectivity index (χ1n) is 24.8. The maximum Gasteiger partial charge on any atom is 0.306 e. The van der Waals surface area contributed by atoms with Crippen LogP contribution in [0.15, 0.2) is 60.8 Å². The van der Waals surface area contributed by atoms with E-state index in [0.29, 0.717) is 19.4 Å². The number of ether oxygens (including phenoxy) is 3. The molecule has 0 aromatic heterocycles. The highest BCUT2D eigenvalue weighted by Gasteiger charge is 2.17. The fourth-order valence-corrected chi connectivity index (χ4v) is 6.85. The monoisotopic (exact) mass is 811 g/mol. The van der Waals surface area contributed by atoms with Crippen molar-refractivity contribution in [3.8, 4) is 0 Å². The highest BCUT2D eigenvalue weighted by atomic mass is 16.6. The zero-order valence-corrected chi connectivity index (χ0v) is 38.6. The summed E-state index contributed by atoms with van der Waals surface area (Å²) in [7, 11) is 0. The van der Waals surface area contributed by atoms with Crippen LogP contribution in [0.25, 0.3) is 0 Å². The van der Waals surface area contributed by atoms with Crippen molar-refractivity contribution in [2.45, 2.75) is 245 Å². The Kier molecular flexibility index (Phi) is 46.9. The number of esters is 2. The third kappa shape index (κ3) is 46.3. The molecule has 58 heavy (non-hydrogen) atoms. The van der Waals surface area contributed by atoms with Gasteiger partial charge >= 0.3 is 11.9 Å². The molecule has 0 saturated heterocycles. The Hall–Kier alpha value is -2.40. The van der Waals surface area contributed by atoms with Gasteiger partial charge < -0.3 is 14.2 Å². The number of carbonyl (C=O) groups excluding carboxylic acids is 2. The molecule has 0 aliphatic heterocycles. The Balaban J connectivity index is 4.32. The van der Waals surface area contributed by atoms with Crippen LogP contribution >= 0.6 is 0 Å². The first kappa shape index (κ1) is 55.6. The van der Waals surface area contributed by atoms with Crippen molar-refractivity contribution in [1.29, 1.82) is 0 Å². The SMILES string of the molecule is CC/C=C\C/C=C\C/C=C\C/C=C\CCCCCOCC(COC(=O)CCCCCCC/C=C\CCCCCC)OC(=O)CCCCCCCCCCCCCCC. The van der Waals surface area contributed by atoms with E-state index in [1.165, 1.54) is 116 Å². The summed E-state index contributed by atoms with van der Waals surface area (Å²) in [6.07, 6.45) is 60.8.